The molecule has 338 valence electrons. The molecule has 4 N–H and O–H groups in total. The Bertz CT molecular complexity index is 2690. The third kappa shape index (κ3) is 6.25. The lowest BCUT2D eigenvalue weighted by Gasteiger charge is -2.63. The molecule has 0 amide bonds. The van der Waals surface area contributed by atoms with E-state index < -0.39 is 53.9 Å². The van der Waals surface area contributed by atoms with E-state index in [-0.39, 0.29) is 60.1 Å². The summed E-state index contributed by atoms with van der Waals surface area (Å²) in [5.74, 6) is -2.68. The molecule has 4 bridgehead atoms. The van der Waals surface area contributed by atoms with E-state index in [1.54, 1.807) is 19.1 Å². The molecule has 13 nitrogen and oxygen atoms in total. The number of hydrogen-bond donors (Lipinski definition) is 3. The number of allylic oxidation sites excluding steroid dienone is 5. The Morgan fingerprint density at radius 1 is 0.984 bits per heavy atom. The summed E-state index contributed by atoms with van der Waals surface area (Å²) in [4.78, 5) is 67.4. The predicted molar refractivity (Wildman–Crippen MR) is 241 cm³/mol. The Kier molecular flexibility index (Phi) is 10.4. The standard InChI is InChI=1S/C50H57N2O11P/c1-26(2)13-12-20-48(8)21-19-32-42(60-48)31(17-16-27(3)4)43-37(44(32)62-64(56,57)58)40-38-35(36-39(52(40)24-23-51)29-14-10-11-15-30(29)41(36)53)33-25-34-47(6,7)63-49(45(33)54,50(34,38)61-43)22-18-28(5)46(55)59-9/h10-11,13-16,18-19,21,33-35H,12,17,20,22-25,51H2,1-9H3,(H2,56,57,58)/b28-18-. The molecule has 64 heavy (non-hydrogen) atoms. The number of nitrogens with zero attached hydrogens (tertiary/aromatic N) is 1. The van der Waals surface area contributed by atoms with Gasteiger partial charge in [-0.05, 0) is 93.2 Å². The van der Waals surface area contributed by atoms with Crippen molar-refractivity contribution in [1.29, 1.82) is 0 Å². The number of Topliss-reactive ketones (excluding diaryl/α,β-unsaturated/α-hetero) is 2. The summed E-state index contributed by atoms with van der Waals surface area (Å²) < 4.78 is 46.4. The molecule has 0 radical (unpaired) electrons. The van der Waals surface area contributed by atoms with Gasteiger partial charge in [0, 0.05) is 70.7 Å². The number of phosphoric ester groups is 1. The van der Waals surface area contributed by atoms with Gasteiger partial charge in [0.2, 0.25) is 0 Å². The van der Waals surface area contributed by atoms with Crippen LogP contribution in [-0.4, -0.2) is 74.8 Å². The van der Waals surface area contributed by atoms with E-state index in [9.17, 15) is 23.9 Å². The number of rotatable bonds is 12. The zero-order chi connectivity index (χ0) is 46.1. The lowest BCUT2D eigenvalue weighted by atomic mass is 9.44. The zero-order valence-electron chi connectivity index (χ0n) is 37.9. The molecule has 8 aliphatic rings. The number of benzene rings is 2. The number of esters is 1. The Hall–Kier alpha value is -5.04. The van der Waals surface area contributed by atoms with E-state index in [0.717, 1.165) is 11.1 Å². The van der Waals surface area contributed by atoms with Crippen molar-refractivity contribution in [2.24, 2.45) is 23.5 Å². The van der Waals surface area contributed by atoms with Crippen molar-refractivity contribution in [1.82, 2.24) is 4.90 Å². The van der Waals surface area contributed by atoms with Crippen LogP contribution in [0.5, 0.6) is 17.2 Å². The van der Waals surface area contributed by atoms with Gasteiger partial charge in [-0.3, -0.25) is 19.4 Å². The molecule has 4 heterocycles. The third-order valence-electron chi connectivity index (χ3n) is 14.3. The number of ether oxygens (including phenoxy) is 4. The first-order valence-corrected chi connectivity index (χ1v) is 23.6. The van der Waals surface area contributed by atoms with Crippen molar-refractivity contribution in [2.45, 2.75) is 110 Å². The van der Waals surface area contributed by atoms with Crippen LogP contribution in [0.3, 0.4) is 0 Å². The molecule has 3 saturated carbocycles. The maximum absolute atomic E-state index is 15.8. The van der Waals surface area contributed by atoms with E-state index in [4.69, 9.17) is 29.2 Å². The molecule has 1 saturated heterocycles. The van der Waals surface area contributed by atoms with Crippen LogP contribution in [0, 0.1) is 17.8 Å². The van der Waals surface area contributed by atoms with Gasteiger partial charge in [-0.1, -0.05) is 53.6 Å². The predicted octanol–water partition coefficient (Wildman–Crippen LogP) is 8.19. The van der Waals surface area contributed by atoms with Crippen LogP contribution >= 0.6 is 7.82 Å². The van der Waals surface area contributed by atoms with E-state index in [2.05, 4.69) is 6.08 Å². The van der Waals surface area contributed by atoms with Crippen LogP contribution in [-0.2, 0) is 30.0 Å². The fourth-order valence-electron chi connectivity index (χ4n) is 11.8. The Morgan fingerprint density at radius 3 is 2.34 bits per heavy atom. The highest BCUT2D eigenvalue weighted by Gasteiger charge is 2.84. The van der Waals surface area contributed by atoms with E-state index >= 15 is 4.79 Å². The lowest BCUT2D eigenvalue weighted by molar-refractivity contribution is -0.181. The Labute approximate surface area is 373 Å². The summed E-state index contributed by atoms with van der Waals surface area (Å²) in [6.07, 6.45) is 11.4. The minimum atomic E-state index is -5.31. The second kappa shape index (κ2) is 15.0. The molecule has 6 unspecified atom stereocenters. The van der Waals surface area contributed by atoms with Gasteiger partial charge in [-0.25, -0.2) is 9.36 Å². The molecule has 4 aliphatic heterocycles. The summed E-state index contributed by atoms with van der Waals surface area (Å²) in [6, 6.07) is 7.33. The first-order valence-electron chi connectivity index (χ1n) is 22.1. The summed E-state index contributed by atoms with van der Waals surface area (Å²) in [5.41, 5.74) is 8.23. The van der Waals surface area contributed by atoms with Gasteiger partial charge >= 0.3 is 13.8 Å². The molecule has 0 aromatic heterocycles. The average molecular weight is 893 g/mol. The summed E-state index contributed by atoms with van der Waals surface area (Å²) in [6.45, 7) is 15.8. The topological polar surface area (TPSA) is 184 Å². The Balaban J connectivity index is 1.44. The van der Waals surface area contributed by atoms with Crippen LogP contribution in [0.15, 0.2) is 76.4 Å². The van der Waals surface area contributed by atoms with Crippen molar-refractivity contribution >= 4 is 42.8 Å². The Morgan fingerprint density at radius 2 is 1.69 bits per heavy atom. The minimum absolute atomic E-state index is 0.0687. The number of ketones is 2. The molecule has 4 fully saturated rings. The summed E-state index contributed by atoms with van der Waals surface area (Å²) >= 11 is 0. The maximum atomic E-state index is 15.8. The van der Waals surface area contributed by atoms with Crippen molar-refractivity contribution in [3.05, 3.63) is 104 Å². The smallest absolute Gasteiger partial charge is 0.482 e. The molecule has 6 atom stereocenters. The normalized spacial score (nSPS) is 28.7. The van der Waals surface area contributed by atoms with E-state index in [1.165, 1.54) is 7.11 Å². The van der Waals surface area contributed by atoms with Crippen LogP contribution < -0.4 is 19.7 Å². The minimum Gasteiger partial charge on any atom is -0.482 e. The van der Waals surface area contributed by atoms with Crippen LogP contribution in [0.1, 0.15) is 114 Å². The number of methoxy groups -OCH3 is 1. The van der Waals surface area contributed by atoms with Gasteiger partial charge in [0.25, 0.3) is 0 Å². The van der Waals surface area contributed by atoms with E-state index in [1.807, 2.05) is 89.8 Å². The van der Waals surface area contributed by atoms with E-state index in [0.29, 0.717) is 69.8 Å². The largest absolute Gasteiger partial charge is 0.524 e. The third-order valence-corrected chi connectivity index (χ3v) is 14.8. The van der Waals surface area contributed by atoms with Gasteiger partial charge in [0.1, 0.15) is 17.1 Å². The van der Waals surface area contributed by atoms with Crippen LogP contribution in [0.2, 0.25) is 0 Å². The van der Waals surface area contributed by atoms with Crippen molar-refractivity contribution in [2.75, 3.05) is 20.2 Å². The second-order valence-electron chi connectivity index (χ2n) is 19.4. The molecule has 1 spiro atoms. The van der Waals surface area contributed by atoms with Gasteiger partial charge in [-0.15, -0.1) is 0 Å². The van der Waals surface area contributed by atoms with Gasteiger partial charge in [0.15, 0.2) is 28.5 Å². The number of fused-ring (bicyclic) bond motifs is 5. The molecule has 2 aromatic rings. The fraction of sp³-hybridized carbons (Fsp3) is 0.460. The van der Waals surface area contributed by atoms with Gasteiger partial charge < -0.3 is 34.1 Å². The summed E-state index contributed by atoms with van der Waals surface area (Å²) in [5, 5.41) is 0. The molecular formula is C50H57N2O11P. The molecular weight excluding hydrogens is 836 g/mol. The molecule has 14 heteroatoms. The molecule has 4 aliphatic carbocycles. The monoisotopic (exact) mass is 892 g/mol. The van der Waals surface area contributed by atoms with Crippen LogP contribution in [0.4, 0.5) is 0 Å². The zero-order valence-corrected chi connectivity index (χ0v) is 38.8. The fourth-order valence-corrected chi connectivity index (χ4v) is 12.2. The number of phosphoric acid groups is 1. The maximum Gasteiger partial charge on any atom is 0.524 e. The number of hydrogen-bond acceptors (Lipinski definition) is 11. The number of nitrogens with two attached hydrogens (primary N) is 1. The van der Waals surface area contributed by atoms with Crippen LogP contribution in [0.25, 0.3) is 17.5 Å². The first kappa shape index (κ1) is 44.2. The highest BCUT2D eigenvalue weighted by Crippen LogP contribution is 2.75. The van der Waals surface area contributed by atoms with Gasteiger partial charge in [-0.2, -0.15) is 0 Å². The lowest BCUT2D eigenvalue weighted by Crippen LogP contribution is -2.75. The average Bonchev–Trinajstić information content (AvgIpc) is 3.59. The van der Waals surface area contributed by atoms with Crippen molar-refractivity contribution in [3.8, 4) is 17.2 Å². The summed E-state index contributed by atoms with van der Waals surface area (Å²) in [7, 11) is -4.01. The number of carbonyl (C=O) groups excluding carboxylic acids is 3. The highest BCUT2D eigenvalue weighted by atomic mass is 31.2. The SMILES string of the molecule is COC(=O)/C(C)=C\CC12OC(C)(C)C3CC(C1=O)C1C4=C(c5ccccc5C4=O)N(CCN)C4=C1C32Oc1c(CC=C(C)C)c2c(c(OP(=O)(O)O)c14)C=CC(C)(CCC=C(C)C)O2. The first-order chi connectivity index (χ1) is 30.1. The molecule has 2 aromatic carbocycles. The van der Waals surface area contributed by atoms with Gasteiger partial charge in [0.05, 0.1) is 35.2 Å². The van der Waals surface area contributed by atoms with Crippen molar-refractivity contribution < 1.29 is 52.2 Å². The highest BCUT2D eigenvalue weighted by molar-refractivity contribution is 7.46. The second-order valence-corrected chi connectivity index (χ2v) is 20.6. The number of carbonyl (C=O) groups is 3. The molecule has 10 rings (SSSR count). The van der Waals surface area contributed by atoms with Crippen molar-refractivity contribution in [3.63, 3.8) is 0 Å². The quantitative estimate of drug-likeness (QED) is 0.0803.